The van der Waals surface area contributed by atoms with Crippen LogP contribution in [0.3, 0.4) is 0 Å². The molecule has 6 rings (SSSR count). The third-order valence-corrected chi connectivity index (χ3v) is 10.1. The fourth-order valence-corrected chi connectivity index (χ4v) is 7.79. The Bertz CT molecular complexity index is 1390. The predicted octanol–water partition coefficient (Wildman–Crippen LogP) is 6.89. The molecule has 6 nitrogen and oxygen atoms in total. The minimum atomic E-state index is -1.11. The third-order valence-electron chi connectivity index (χ3n) is 10.1. The zero-order valence-electron chi connectivity index (χ0n) is 23.8. The van der Waals surface area contributed by atoms with E-state index in [2.05, 4.69) is 12.1 Å². The number of rotatable bonds is 8. The summed E-state index contributed by atoms with van der Waals surface area (Å²) in [5, 5.41) is 10.3. The van der Waals surface area contributed by atoms with E-state index in [1.807, 2.05) is 78.6 Å². The molecular weight excluding hydrogens is 514 g/mol. The third kappa shape index (κ3) is 4.87. The van der Waals surface area contributed by atoms with E-state index in [1.54, 1.807) is 0 Å². The highest BCUT2D eigenvalue weighted by Gasteiger charge is 2.55. The number of carboxylic acid groups (broad SMARTS) is 1. The molecule has 1 heterocycles. The first-order valence-corrected chi connectivity index (χ1v) is 15.0. The first-order chi connectivity index (χ1) is 20.0. The Balaban J connectivity index is 1.24. The number of piperidine rings is 1. The van der Waals surface area contributed by atoms with Gasteiger partial charge in [-0.05, 0) is 72.4 Å². The van der Waals surface area contributed by atoms with E-state index in [9.17, 15) is 14.7 Å². The van der Waals surface area contributed by atoms with Crippen molar-refractivity contribution >= 4 is 12.1 Å². The molecule has 1 saturated heterocycles. The van der Waals surface area contributed by atoms with Crippen molar-refractivity contribution in [2.24, 2.45) is 5.92 Å². The van der Waals surface area contributed by atoms with E-state index >= 15 is 0 Å². The Morgan fingerprint density at radius 1 is 1.00 bits per heavy atom. The van der Waals surface area contributed by atoms with Gasteiger partial charge in [0, 0.05) is 18.0 Å². The van der Waals surface area contributed by atoms with Crippen LogP contribution >= 0.6 is 0 Å². The summed E-state index contributed by atoms with van der Waals surface area (Å²) in [4.78, 5) is 27.8. The molecule has 214 valence electrons. The van der Waals surface area contributed by atoms with Gasteiger partial charge < -0.3 is 19.5 Å². The monoisotopic (exact) mass is 553 g/mol. The molecule has 0 radical (unpaired) electrons. The lowest BCUT2D eigenvalue weighted by Gasteiger charge is -2.58. The minimum Gasteiger partial charge on any atom is -0.492 e. The second kappa shape index (κ2) is 11.2. The van der Waals surface area contributed by atoms with E-state index in [0.717, 1.165) is 42.6 Å². The molecule has 2 fully saturated rings. The normalized spacial score (nSPS) is 24.4. The molecule has 6 heteroatoms. The maximum atomic E-state index is 13.3. The summed E-state index contributed by atoms with van der Waals surface area (Å²) < 4.78 is 12.1. The van der Waals surface area contributed by atoms with Gasteiger partial charge in [0.1, 0.15) is 24.4 Å². The van der Waals surface area contributed by atoms with Crippen molar-refractivity contribution in [3.05, 3.63) is 101 Å². The van der Waals surface area contributed by atoms with Crippen LogP contribution in [0.25, 0.3) is 0 Å². The number of aliphatic carboxylic acids is 1. The van der Waals surface area contributed by atoms with E-state index in [4.69, 9.17) is 9.47 Å². The van der Waals surface area contributed by atoms with Crippen LogP contribution in [0, 0.1) is 5.92 Å². The van der Waals surface area contributed by atoms with Crippen molar-refractivity contribution in [3.63, 3.8) is 0 Å². The topological polar surface area (TPSA) is 76.1 Å². The molecule has 1 N–H and O–H groups in total. The largest absolute Gasteiger partial charge is 0.492 e. The molecule has 1 unspecified atom stereocenters. The molecule has 1 aliphatic heterocycles. The summed E-state index contributed by atoms with van der Waals surface area (Å²) in [6.45, 7) is 2.95. The van der Waals surface area contributed by atoms with Crippen molar-refractivity contribution in [2.75, 3.05) is 13.2 Å². The molecule has 4 atom stereocenters. The van der Waals surface area contributed by atoms with Crippen molar-refractivity contribution < 1.29 is 24.2 Å². The number of benzene rings is 3. The number of hydrogen-bond donors (Lipinski definition) is 1. The number of likely N-dealkylation sites (tertiary alicyclic amines) is 1. The highest BCUT2D eigenvalue weighted by Crippen LogP contribution is 2.56. The minimum absolute atomic E-state index is 0.0140. The highest BCUT2D eigenvalue weighted by molar-refractivity contribution is 5.81. The highest BCUT2D eigenvalue weighted by atomic mass is 16.6. The van der Waals surface area contributed by atoms with Gasteiger partial charge in [-0.15, -0.1) is 0 Å². The smallest absolute Gasteiger partial charge is 0.410 e. The summed E-state index contributed by atoms with van der Waals surface area (Å²) >= 11 is 0. The van der Waals surface area contributed by atoms with E-state index in [-0.39, 0.29) is 30.8 Å². The fraction of sp³-hybridized carbons (Fsp3) is 0.429. The average molecular weight is 554 g/mol. The van der Waals surface area contributed by atoms with Crippen molar-refractivity contribution in [2.45, 2.75) is 75.3 Å². The summed E-state index contributed by atoms with van der Waals surface area (Å²) in [6.07, 6.45) is 6.49. The standard InChI is InChI=1S/C35H39NO5/c1-2-34(32(37)38,27-13-7-4-8-14-27)24-41-28-17-16-26-21-31-29-15-9-10-18-35(29,30(26)22-28)19-20-36(31)33(39)40-23-25-11-5-3-6-12-25/h3-8,11-14,16-17,22,29,31H,2,9-10,15,18-21,23-24H2,1H3,(H,37,38)/t29-,31+,34?,35+/m0/s1. The van der Waals surface area contributed by atoms with Gasteiger partial charge in [0.15, 0.2) is 0 Å². The van der Waals surface area contributed by atoms with E-state index in [1.165, 1.54) is 24.0 Å². The van der Waals surface area contributed by atoms with Gasteiger partial charge in [-0.25, -0.2) is 4.79 Å². The Morgan fingerprint density at radius 3 is 2.49 bits per heavy atom. The summed E-state index contributed by atoms with van der Waals surface area (Å²) in [5.74, 6) is 0.236. The predicted molar refractivity (Wildman–Crippen MR) is 157 cm³/mol. The number of ether oxygens (including phenoxy) is 2. The van der Waals surface area contributed by atoms with Gasteiger partial charge in [-0.3, -0.25) is 4.79 Å². The zero-order chi connectivity index (χ0) is 28.5. The van der Waals surface area contributed by atoms with Crippen LogP contribution < -0.4 is 4.74 Å². The molecule has 3 aromatic carbocycles. The van der Waals surface area contributed by atoms with Crippen LogP contribution in [0.5, 0.6) is 5.75 Å². The molecular formula is C35H39NO5. The number of nitrogens with zero attached hydrogens (tertiary/aromatic N) is 1. The maximum Gasteiger partial charge on any atom is 0.410 e. The SMILES string of the molecule is CCC(COc1ccc2c(c1)[C@@]13CCCC[C@H]1[C@@H](C2)N(C(=O)OCc1ccccc1)CC3)(C(=O)O)c1ccccc1. The molecule has 41 heavy (non-hydrogen) atoms. The first-order valence-electron chi connectivity index (χ1n) is 15.0. The van der Waals surface area contributed by atoms with Crippen LogP contribution in [-0.4, -0.2) is 41.3 Å². The number of carboxylic acids is 1. The summed E-state index contributed by atoms with van der Waals surface area (Å²) in [5.41, 5.74) is 3.26. The fourth-order valence-electron chi connectivity index (χ4n) is 7.79. The van der Waals surface area contributed by atoms with Crippen LogP contribution in [0.1, 0.15) is 67.7 Å². The van der Waals surface area contributed by atoms with E-state index in [0.29, 0.717) is 18.9 Å². The lowest BCUT2D eigenvalue weighted by Crippen LogP contribution is -2.62. The Kier molecular flexibility index (Phi) is 7.50. The second-order valence-electron chi connectivity index (χ2n) is 12.0. The molecule has 1 amide bonds. The number of carbonyl (C=O) groups excluding carboxylic acids is 1. The molecule has 3 aliphatic rings. The lowest BCUT2D eigenvalue weighted by molar-refractivity contribution is -0.145. The molecule has 2 aliphatic carbocycles. The van der Waals surface area contributed by atoms with Crippen molar-refractivity contribution in [3.8, 4) is 5.75 Å². The Labute approximate surface area is 242 Å². The molecule has 2 bridgehead atoms. The number of fused-ring (bicyclic) bond motifs is 1. The Hall–Kier alpha value is -3.80. The van der Waals surface area contributed by atoms with Gasteiger partial charge in [0.25, 0.3) is 0 Å². The molecule has 1 saturated carbocycles. The van der Waals surface area contributed by atoms with Gasteiger partial charge in [-0.1, -0.05) is 86.5 Å². The van der Waals surface area contributed by atoms with Crippen molar-refractivity contribution in [1.82, 2.24) is 4.90 Å². The Morgan fingerprint density at radius 2 is 1.76 bits per heavy atom. The number of amides is 1. The van der Waals surface area contributed by atoms with Gasteiger partial charge >= 0.3 is 12.1 Å². The van der Waals surface area contributed by atoms with E-state index < -0.39 is 11.4 Å². The van der Waals surface area contributed by atoms with Crippen LogP contribution in [0.4, 0.5) is 4.79 Å². The van der Waals surface area contributed by atoms with Crippen LogP contribution in [0.15, 0.2) is 78.9 Å². The van der Waals surface area contributed by atoms with Gasteiger partial charge in [-0.2, -0.15) is 0 Å². The quantitative estimate of drug-likeness (QED) is 0.329. The molecule has 0 spiro atoms. The summed E-state index contributed by atoms with van der Waals surface area (Å²) in [6, 6.07) is 25.7. The molecule has 0 aromatic heterocycles. The van der Waals surface area contributed by atoms with Gasteiger partial charge in [0.2, 0.25) is 0 Å². The van der Waals surface area contributed by atoms with Crippen LogP contribution in [-0.2, 0) is 33.4 Å². The lowest BCUT2D eigenvalue weighted by atomic mass is 9.52. The van der Waals surface area contributed by atoms with Gasteiger partial charge in [0.05, 0.1) is 0 Å². The zero-order valence-corrected chi connectivity index (χ0v) is 23.8. The van der Waals surface area contributed by atoms with Crippen LogP contribution in [0.2, 0.25) is 0 Å². The second-order valence-corrected chi connectivity index (χ2v) is 12.0. The van der Waals surface area contributed by atoms with Crippen molar-refractivity contribution in [1.29, 1.82) is 0 Å². The number of carbonyl (C=O) groups is 2. The molecule has 3 aromatic rings. The first kappa shape index (κ1) is 27.4. The number of hydrogen-bond acceptors (Lipinski definition) is 4. The average Bonchev–Trinajstić information content (AvgIpc) is 3.01. The summed E-state index contributed by atoms with van der Waals surface area (Å²) in [7, 11) is 0. The maximum absolute atomic E-state index is 13.3.